The van der Waals surface area contributed by atoms with E-state index in [1.54, 1.807) is 6.92 Å². The third kappa shape index (κ3) is 5.41. The van der Waals surface area contributed by atoms with E-state index in [1.807, 2.05) is 16.8 Å². The van der Waals surface area contributed by atoms with E-state index in [1.165, 1.54) is 37.0 Å². The van der Waals surface area contributed by atoms with Gasteiger partial charge >= 0.3 is 0 Å². The second kappa shape index (κ2) is 8.51. The van der Waals surface area contributed by atoms with Gasteiger partial charge in [0, 0.05) is 6.54 Å². The maximum Gasteiger partial charge on any atom is 0.248 e. The van der Waals surface area contributed by atoms with Crippen LogP contribution in [0.2, 0.25) is 0 Å². The molecule has 2 rings (SSSR count). The molecule has 0 aromatic carbocycles. The fraction of sp³-hybridized carbons (Fsp3) is 0.688. The summed E-state index contributed by atoms with van der Waals surface area (Å²) in [6.07, 6.45) is 6.12. The number of carbonyl (C=O) groups excluding carboxylic acids is 1. The van der Waals surface area contributed by atoms with E-state index in [2.05, 4.69) is 5.32 Å². The lowest BCUT2D eigenvalue weighted by molar-refractivity contribution is -0.136. The zero-order valence-corrected chi connectivity index (χ0v) is 13.4. The molecule has 0 aliphatic heterocycles. The van der Waals surface area contributed by atoms with Crippen molar-refractivity contribution in [3.63, 3.8) is 0 Å². The molecular formula is C16H25NO3S. The Kier molecular flexibility index (Phi) is 6.67. The maximum atomic E-state index is 12.0. The standard InChI is InChI=1S/C16H25NO3S/c1-12(20-14-6-4-2-3-5-7-14)16(19)17-10-15(18)13-8-9-21-11-13/h8-9,11-12,14-15,18H,2-7,10H2,1H3,(H,17,19). The van der Waals surface area contributed by atoms with Gasteiger partial charge < -0.3 is 15.2 Å². The van der Waals surface area contributed by atoms with Crippen LogP contribution >= 0.6 is 11.3 Å². The van der Waals surface area contributed by atoms with Crippen molar-refractivity contribution in [3.8, 4) is 0 Å². The Morgan fingerprint density at radius 3 is 2.76 bits per heavy atom. The van der Waals surface area contributed by atoms with E-state index in [-0.39, 0.29) is 18.6 Å². The average molecular weight is 311 g/mol. The summed E-state index contributed by atoms with van der Waals surface area (Å²) in [4.78, 5) is 12.0. The van der Waals surface area contributed by atoms with Crippen LogP contribution < -0.4 is 5.32 Å². The molecule has 0 saturated heterocycles. The molecule has 118 valence electrons. The van der Waals surface area contributed by atoms with Crippen molar-refractivity contribution < 1.29 is 14.6 Å². The molecule has 1 heterocycles. The number of thiophene rings is 1. The summed E-state index contributed by atoms with van der Waals surface area (Å²) in [5.74, 6) is -0.145. The number of rotatable bonds is 6. The number of hydrogen-bond donors (Lipinski definition) is 2. The van der Waals surface area contributed by atoms with Crippen molar-refractivity contribution in [1.82, 2.24) is 5.32 Å². The normalized spacial score (nSPS) is 19.7. The van der Waals surface area contributed by atoms with Crippen molar-refractivity contribution in [2.45, 2.75) is 63.8 Å². The van der Waals surface area contributed by atoms with Crippen LogP contribution in [-0.2, 0) is 9.53 Å². The lowest BCUT2D eigenvalue weighted by Crippen LogP contribution is -2.38. The quantitative estimate of drug-likeness (QED) is 0.794. The highest BCUT2D eigenvalue weighted by atomic mass is 32.1. The van der Waals surface area contributed by atoms with Crippen molar-refractivity contribution in [2.75, 3.05) is 6.54 Å². The Morgan fingerprint density at radius 2 is 2.14 bits per heavy atom. The number of aliphatic hydroxyl groups excluding tert-OH is 1. The lowest BCUT2D eigenvalue weighted by Gasteiger charge is -2.21. The number of amides is 1. The molecule has 1 aromatic rings. The Hall–Kier alpha value is -0.910. The lowest BCUT2D eigenvalue weighted by atomic mass is 10.1. The van der Waals surface area contributed by atoms with E-state index in [0.717, 1.165) is 18.4 Å². The highest BCUT2D eigenvalue weighted by Gasteiger charge is 2.21. The molecule has 1 fully saturated rings. The van der Waals surface area contributed by atoms with Crippen LogP contribution in [0.15, 0.2) is 16.8 Å². The van der Waals surface area contributed by atoms with Crippen LogP contribution in [0.5, 0.6) is 0 Å². The molecule has 4 nitrogen and oxygen atoms in total. The monoisotopic (exact) mass is 311 g/mol. The third-order valence-corrected chi connectivity index (χ3v) is 4.67. The molecule has 5 heteroatoms. The van der Waals surface area contributed by atoms with Gasteiger partial charge in [-0.1, -0.05) is 25.7 Å². The van der Waals surface area contributed by atoms with E-state index >= 15 is 0 Å². The molecule has 0 radical (unpaired) electrons. The van der Waals surface area contributed by atoms with Gasteiger partial charge in [0.1, 0.15) is 6.10 Å². The predicted octanol–water partition coefficient (Wildman–Crippen LogP) is 3.03. The first-order valence-corrected chi connectivity index (χ1v) is 8.74. The zero-order chi connectivity index (χ0) is 15.1. The Morgan fingerprint density at radius 1 is 1.43 bits per heavy atom. The third-order valence-electron chi connectivity index (χ3n) is 3.97. The van der Waals surface area contributed by atoms with Gasteiger partial charge in [0.2, 0.25) is 5.91 Å². The van der Waals surface area contributed by atoms with Gasteiger partial charge in [-0.3, -0.25) is 4.79 Å². The molecule has 1 amide bonds. The minimum absolute atomic E-state index is 0.145. The number of nitrogens with one attached hydrogen (secondary N) is 1. The molecule has 0 spiro atoms. The van der Waals surface area contributed by atoms with Crippen LogP contribution in [-0.4, -0.2) is 29.8 Å². The molecule has 1 aliphatic carbocycles. The fourth-order valence-electron chi connectivity index (χ4n) is 2.65. The van der Waals surface area contributed by atoms with Crippen molar-refractivity contribution in [3.05, 3.63) is 22.4 Å². The van der Waals surface area contributed by atoms with Crippen LogP contribution in [0, 0.1) is 0 Å². The second-order valence-electron chi connectivity index (χ2n) is 5.71. The van der Waals surface area contributed by atoms with E-state index in [0.29, 0.717) is 0 Å². The van der Waals surface area contributed by atoms with Gasteiger partial charge in [-0.2, -0.15) is 11.3 Å². The van der Waals surface area contributed by atoms with Gasteiger partial charge in [0.15, 0.2) is 0 Å². The fourth-order valence-corrected chi connectivity index (χ4v) is 3.36. The largest absolute Gasteiger partial charge is 0.387 e. The summed E-state index contributed by atoms with van der Waals surface area (Å²) in [7, 11) is 0. The first kappa shape index (κ1) is 16.5. The van der Waals surface area contributed by atoms with Crippen LogP contribution in [0.4, 0.5) is 0 Å². The molecular weight excluding hydrogens is 286 g/mol. The summed E-state index contributed by atoms with van der Waals surface area (Å²) in [6.45, 7) is 2.02. The van der Waals surface area contributed by atoms with E-state index < -0.39 is 12.2 Å². The summed E-state index contributed by atoms with van der Waals surface area (Å²) in [5, 5.41) is 16.5. The molecule has 0 bridgehead atoms. The molecule has 1 aromatic heterocycles. The topological polar surface area (TPSA) is 58.6 Å². The smallest absolute Gasteiger partial charge is 0.248 e. The van der Waals surface area contributed by atoms with Gasteiger partial charge in [-0.05, 0) is 42.2 Å². The Labute approximate surface area is 130 Å². The number of aliphatic hydroxyl groups is 1. The van der Waals surface area contributed by atoms with Crippen LogP contribution in [0.1, 0.15) is 57.1 Å². The minimum Gasteiger partial charge on any atom is -0.387 e. The molecule has 1 aliphatic rings. The predicted molar refractivity (Wildman–Crippen MR) is 84.3 cm³/mol. The van der Waals surface area contributed by atoms with Gasteiger partial charge in [0.05, 0.1) is 12.2 Å². The molecule has 2 atom stereocenters. The SMILES string of the molecule is CC(OC1CCCCCC1)C(=O)NCC(O)c1ccsc1. The van der Waals surface area contributed by atoms with Crippen molar-refractivity contribution >= 4 is 17.2 Å². The number of ether oxygens (including phenoxy) is 1. The number of carbonyl (C=O) groups is 1. The minimum atomic E-state index is -0.648. The maximum absolute atomic E-state index is 12.0. The molecule has 21 heavy (non-hydrogen) atoms. The van der Waals surface area contributed by atoms with E-state index in [9.17, 15) is 9.90 Å². The highest BCUT2D eigenvalue weighted by molar-refractivity contribution is 7.07. The molecule has 2 N–H and O–H groups in total. The molecule has 2 unspecified atom stereocenters. The van der Waals surface area contributed by atoms with Crippen molar-refractivity contribution in [1.29, 1.82) is 0 Å². The van der Waals surface area contributed by atoms with Crippen LogP contribution in [0.3, 0.4) is 0 Å². The average Bonchev–Trinajstić information content (AvgIpc) is 2.90. The second-order valence-corrected chi connectivity index (χ2v) is 6.49. The first-order valence-electron chi connectivity index (χ1n) is 7.80. The van der Waals surface area contributed by atoms with Gasteiger partial charge in [0.25, 0.3) is 0 Å². The van der Waals surface area contributed by atoms with E-state index in [4.69, 9.17) is 4.74 Å². The summed E-state index contributed by atoms with van der Waals surface area (Å²) >= 11 is 1.54. The highest BCUT2D eigenvalue weighted by Crippen LogP contribution is 2.21. The summed E-state index contributed by atoms with van der Waals surface area (Å²) in [5.41, 5.74) is 0.845. The summed E-state index contributed by atoms with van der Waals surface area (Å²) in [6, 6.07) is 1.87. The van der Waals surface area contributed by atoms with Crippen molar-refractivity contribution in [2.24, 2.45) is 0 Å². The first-order chi connectivity index (χ1) is 10.2. The van der Waals surface area contributed by atoms with Crippen LogP contribution in [0.25, 0.3) is 0 Å². The van der Waals surface area contributed by atoms with Gasteiger partial charge in [-0.25, -0.2) is 0 Å². The number of hydrogen-bond acceptors (Lipinski definition) is 4. The Balaban J connectivity index is 1.71. The zero-order valence-electron chi connectivity index (χ0n) is 12.6. The molecule has 1 saturated carbocycles. The Bertz CT molecular complexity index is 413. The van der Waals surface area contributed by atoms with Gasteiger partial charge in [-0.15, -0.1) is 0 Å². The summed E-state index contributed by atoms with van der Waals surface area (Å²) < 4.78 is 5.86.